The average molecular weight is 571 g/mol. The van der Waals surface area contributed by atoms with E-state index in [0.29, 0.717) is 39.0 Å². The zero-order valence-corrected chi connectivity index (χ0v) is 25.4. The number of carbonyl (C=O) groups excluding carboxylic acids is 5. The van der Waals surface area contributed by atoms with Gasteiger partial charge in [0.25, 0.3) is 0 Å². The molecule has 0 aliphatic carbocycles. The first-order chi connectivity index (χ1) is 18.8. The van der Waals surface area contributed by atoms with Crippen LogP contribution in [0.2, 0.25) is 0 Å². The topological polar surface area (TPSA) is 144 Å². The van der Waals surface area contributed by atoms with Crippen molar-refractivity contribution in [1.82, 2.24) is 20.4 Å². The zero-order valence-electron chi connectivity index (χ0n) is 25.4. The van der Waals surface area contributed by atoms with E-state index in [4.69, 9.17) is 14.2 Å². The second kappa shape index (κ2) is 17.7. The molecule has 0 spiro atoms. The number of esters is 2. The van der Waals surface area contributed by atoms with Gasteiger partial charge in [0.2, 0.25) is 11.8 Å². The molecule has 1 rings (SSSR count). The predicted octanol–water partition coefficient (Wildman–Crippen LogP) is 2.24. The molecule has 230 valence electrons. The van der Waals surface area contributed by atoms with Gasteiger partial charge in [-0.05, 0) is 33.6 Å². The van der Waals surface area contributed by atoms with Crippen LogP contribution in [-0.4, -0.2) is 104 Å². The van der Waals surface area contributed by atoms with Crippen molar-refractivity contribution in [3.05, 3.63) is 0 Å². The summed E-state index contributed by atoms with van der Waals surface area (Å²) in [4.78, 5) is 67.0. The van der Waals surface area contributed by atoms with Crippen LogP contribution < -0.4 is 10.6 Å². The molecule has 0 radical (unpaired) electrons. The number of unbranched alkanes of at least 4 members (excludes halogenated alkanes) is 2. The number of hydrogen-bond donors (Lipinski definition) is 2. The van der Waals surface area contributed by atoms with Crippen molar-refractivity contribution in [2.24, 2.45) is 5.92 Å². The lowest BCUT2D eigenvalue weighted by molar-refractivity contribution is -0.147. The Bertz CT molecular complexity index is 837. The second-order valence-corrected chi connectivity index (χ2v) is 11.2. The minimum Gasteiger partial charge on any atom is -0.467 e. The van der Waals surface area contributed by atoms with E-state index in [9.17, 15) is 24.0 Å². The lowest BCUT2D eigenvalue weighted by Gasteiger charge is -2.37. The monoisotopic (exact) mass is 570 g/mol. The first-order valence-corrected chi connectivity index (χ1v) is 14.3. The summed E-state index contributed by atoms with van der Waals surface area (Å²) in [5.41, 5.74) is -0.599. The van der Waals surface area contributed by atoms with Crippen LogP contribution in [0, 0.1) is 5.92 Å². The van der Waals surface area contributed by atoms with Crippen LogP contribution in [0.5, 0.6) is 0 Å². The highest BCUT2D eigenvalue weighted by molar-refractivity contribution is 5.90. The smallest absolute Gasteiger partial charge is 0.410 e. The van der Waals surface area contributed by atoms with Gasteiger partial charge in [0, 0.05) is 39.1 Å². The highest BCUT2D eigenvalue weighted by atomic mass is 16.6. The van der Waals surface area contributed by atoms with Gasteiger partial charge in [-0.3, -0.25) is 14.5 Å². The van der Waals surface area contributed by atoms with Gasteiger partial charge in [0.15, 0.2) is 0 Å². The third-order valence-corrected chi connectivity index (χ3v) is 6.62. The van der Waals surface area contributed by atoms with Crippen LogP contribution >= 0.6 is 0 Å². The molecule has 1 saturated heterocycles. The van der Waals surface area contributed by atoms with Gasteiger partial charge in [-0.1, -0.05) is 39.5 Å². The molecule has 1 fully saturated rings. The maximum absolute atomic E-state index is 13.4. The number of piperazine rings is 1. The number of nitrogens with zero attached hydrogens (tertiary/aromatic N) is 2. The van der Waals surface area contributed by atoms with Crippen molar-refractivity contribution in [3.8, 4) is 0 Å². The number of rotatable bonds is 15. The van der Waals surface area contributed by atoms with Crippen molar-refractivity contribution >= 4 is 29.8 Å². The summed E-state index contributed by atoms with van der Waals surface area (Å²) >= 11 is 0. The van der Waals surface area contributed by atoms with Crippen LogP contribution in [0.25, 0.3) is 0 Å². The Hall–Kier alpha value is -2.89. The first kappa shape index (κ1) is 35.1. The number of carbonyl (C=O) groups is 5. The van der Waals surface area contributed by atoms with E-state index in [1.54, 1.807) is 4.90 Å². The van der Waals surface area contributed by atoms with Gasteiger partial charge in [0.1, 0.15) is 17.7 Å². The molecular formula is C28H50N4O8. The van der Waals surface area contributed by atoms with Gasteiger partial charge < -0.3 is 29.7 Å². The van der Waals surface area contributed by atoms with Crippen molar-refractivity contribution in [1.29, 1.82) is 0 Å². The van der Waals surface area contributed by atoms with Crippen LogP contribution in [0.15, 0.2) is 0 Å². The molecule has 1 unspecified atom stereocenters. The van der Waals surface area contributed by atoms with Gasteiger partial charge in [-0.15, -0.1) is 0 Å². The molecule has 1 aliphatic heterocycles. The minimum atomic E-state index is -0.820. The number of hydrogen-bond acceptors (Lipinski definition) is 9. The molecule has 3 atom stereocenters. The maximum Gasteiger partial charge on any atom is 0.410 e. The summed E-state index contributed by atoms with van der Waals surface area (Å²) in [5.74, 6) is -2.78. The van der Waals surface area contributed by atoms with Crippen LogP contribution in [-0.2, 0) is 33.4 Å². The fourth-order valence-electron chi connectivity index (χ4n) is 4.36. The van der Waals surface area contributed by atoms with Gasteiger partial charge >= 0.3 is 18.0 Å². The highest BCUT2D eigenvalue weighted by Gasteiger charge is 2.32. The molecule has 2 N–H and O–H groups in total. The Labute approximate surface area is 238 Å². The van der Waals surface area contributed by atoms with Gasteiger partial charge in [-0.25, -0.2) is 14.4 Å². The normalized spacial score (nSPS) is 16.3. The summed E-state index contributed by atoms with van der Waals surface area (Å²) in [6, 6.07) is -1.62. The van der Waals surface area contributed by atoms with Crippen molar-refractivity contribution in [2.45, 2.75) is 97.2 Å². The Kier molecular flexibility index (Phi) is 15.6. The molecule has 0 aromatic rings. The number of amides is 3. The SMILES string of the molecule is CCCC[C@H](NC(=O)CC(CN1CCN(C(=O)OC(C)(C)C)CC1)C(=O)N[C@@H](CCCC)C(=O)OC)C(=O)OC. The average Bonchev–Trinajstić information content (AvgIpc) is 2.91. The predicted molar refractivity (Wildman–Crippen MR) is 149 cm³/mol. The molecule has 3 amide bonds. The van der Waals surface area contributed by atoms with E-state index < -0.39 is 53.4 Å². The number of ether oxygens (including phenoxy) is 3. The third-order valence-electron chi connectivity index (χ3n) is 6.62. The summed E-state index contributed by atoms with van der Waals surface area (Å²) < 4.78 is 15.2. The van der Waals surface area contributed by atoms with Crippen molar-refractivity contribution in [2.75, 3.05) is 46.9 Å². The van der Waals surface area contributed by atoms with E-state index in [1.807, 2.05) is 39.5 Å². The van der Waals surface area contributed by atoms with E-state index in [0.717, 1.165) is 25.7 Å². The second-order valence-electron chi connectivity index (χ2n) is 11.2. The highest BCUT2D eigenvalue weighted by Crippen LogP contribution is 2.15. The lowest BCUT2D eigenvalue weighted by Crippen LogP contribution is -2.53. The Morgan fingerprint density at radius 3 is 1.75 bits per heavy atom. The largest absolute Gasteiger partial charge is 0.467 e. The van der Waals surface area contributed by atoms with Crippen molar-refractivity contribution in [3.63, 3.8) is 0 Å². The van der Waals surface area contributed by atoms with Crippen LogP contribution in [0.3, 0.4) is 0 Å². The van der Waals surface area contributed by atoms with E-state index in [2.05, 4.69) is 10.6 Å². The summed E-state index contributed by atoms with van der Waals surface area (Å²) in [5, 5.41) is 5.49. The minimum absolute atomic E-state index is 0.181. The molecular weight excluding hydrogens is 520 g/mol. The Morgan fingerprint density at radius 2 is 1.30 bits per heavy atom. The molecule has 0 aromatic carbocycles. The van der Waals surface area contributed by atoms with E-state index in [1.165, 1.54) is 14.2 Å². The molecule has 0 saturated carbocycles. The van der Waals surface area contributed by atoms with Gasteiger partial charge in [0.05, 0.1) is 20.1 Å². The Morgan fingerprint density at radius 1 is 0.800 bits per heavy atom. The maximum atomic E-state index is 13.4. The first-order valence-electron chi connectivity index (χ1n) is 14.3. The molecule has 1 aliphatic rings. The molecule has 40 heavy (non-hydrogen) atoms. The fraction of sp³-hybridized carbons (Fsp3) is 0.821. The molecule has 1 heterocycles. The summed E-state index contributed by atoms with van der Waals surface area (Å²) in [7, 11) is 2.54. The number of methoxy groups -OCH3 is 2. The zero-order chi connectivity index (χ0) is 30.3. The molecule has 12 nitrogen and oxygen atoms in total. The van der Waals surface area contributed by atoms with Gasteiger partial charge in [-0.2, -0.15) is 0 Å². The fourth-order valence-corrected chi connectivity index (χ4v) is 4.36. The summed E-state index contributed by atoms with van der Waals surface area (Å²) in [6.07, 6.45) is 3.40. The summed E-state index contributed by atoms with van der Waals surface area (Å²) in [6.45, 7) is 11.4. The third kappa shape index (κ3) is 13.0. The van der Waals surface area contributed by atoms with Crippen molar-refractivity contribution < 1.29 is 38.2 Å². The van der Waals surface area contributed by atoms with E-state index in [-0.39, 0.29) is 13.0 Å². The molecule has 12 heteroatoms. The molecule has 0 aromatic heterocycles. The van der Waals surface area contributed by atoms with E-state index >= 15 is 0 Å². The number of nitrogens with one attached hydrogen (secondary N) is 2. The standard InChI is InChI=1S/C28H50N4O8/c1-8-10-12-21(25(35)38-6)29-23(33)18-20(24(34)30-22(13-11-9-2)26(36)39-7)19-31-14-16-32(17-15-31)27(37)40-28(3,4)5/h20-22H,8-19H2,1-7H3,(H,29,33)(H,30,34)/t20?,21-,22-/m0/s1. The quantitative estimate of drug-likeness (QED) is 0.224. The lowest BCUT2D eigenvalue weighted by atomic mass is 10.00. The van der Waals surface area contributed by atoms with Crippen LogP contribution in [0.1, 0.15) is 79.6 Å². The van der Waals surface area contributed by atoms with Crippen LogP contribution in [0.4, 0.5) is 4.79 Å². The molecule has 0 bridgehead atoms. The Balaban J connectivity index is 2.99.